The molecule has 0 unspecified atom stereocenters. The van der Waals surface area contributed by atoms with E-state index >= 15 is 0 Å². The first-order valence-corrected chi connectivity index (χ1v) is 6.08. The molecule has 17 heavy (non-hydrogen) atoms. The maximum atomic E-state index is 11.2. The van der Waals surface area contributed by atoms with Gasteiger partial charge < -0.3 is 10.2 Å². The lowest BCUT2D eigenvalue weighted by Gasteiger charge is -2.15. The highest BCUT2D eigenvalue weighted by molar-refractivity contribution is 5.75. The molecule has 3 heteroatoms. The van der Waals surface area contributed by atoms with Gasteiger partial charge in [-0.1, -0.05) is 19.1 Å². The molecule has 0 aliphatic rings. The number of benzene rings is 1. The van der Waals surface area contributed by atoms with Crippen LogP contribution in [0.5, 0.6) is 0 Å². The maximum Gasteiger partial charge on any atom is 0.219 e. The van der Waals surface area contributed by atoms with Crippen LogP contribution in [-0.4, -0.2) is 26.0 Å². The summed E-state index contributed by atoms with van der Waals surface area (Å²) in [5.41, 5.74) is 2.44. The Morgan fingerprint density at radius 1 is 1.29 bits per heavy atom. The van der Waals surface area contributed by atoms with Crippen LogP contribution in [0.4, 0.5) is 5.69 Å². The van der Waals surface area contributed by atoms with E-state index in [1.165, 1.54) is 11.3 Å². The molecular weight excluding hydrogens is 212 g/mol. The van der Waals surface area contributed by atoms with Crippen LogP contribution < -0.4 is 10.2 Å². The number of hydrogen-bond donors (Lipinski definition) is 1. The van der Waals surface area contributed by atoms with Crippen LogP contribution in [0.25, 0.3) is 0 Å². The molecule has 0 aliphatic heterocycles. The van der Waals surface area contributed by atoms with E-state index in [0.717, 1.165) is 6.42 Å². The van der Waals surface area contributed by atoms with Crippen LogP contribution in [0.3, 0.4) is 0 Å². The smallest absolute Gasteiger partial charge is 0.219 e. The highest BCUT2D eigenvalue weighted by Gasteiger charge is 2.06. The predicted molar refractivity (Wildman–Crippen MR) is 72.4 cm³/mol. The summed E-state index contributed by atoms with van der Waals surface area (Å²) < 4.78 is 0. The lowest BCUT2D eigenvalue weighted by atomic mass is 10.1. The molecule has 1 aromatic carbocycles. The quantitative estimate of drug-likeness (QED) is 0.847. The number of anilines is 1. The average Bonchev–Trinajstić information content (AvgIpc) is 2.29. The van der Waals surface area contributed by atoms with Crippen molar-refractivity contribution >= 4 is 11.6 Å². The zero-order valence-corrected chi connectivity index (χ0v) is 11.2. The van der Waals surface area contributed by atoms with Crippen molar-refractivity contribution in [2.24, 2.45) is 0 Å². The number of hydrogen-bond acceptors (Lipinski definition) is 2. The molecular formula is C14H22N2O. The first-order valence-electron chi connectivity index (χ1n) is 6.08. The molecule has 0 aliphatic carbocycles. The SMILES string of the molecule is CCC(=O)N[C@@H](C)Cc1ccc(N(C)C)cc1. The lowest BCUT2D eigenvalue weighted by molar-refractivity contribution is -0.121. The summed E-state index contributed by atoms with van der Waals surface area (Å²) in [6.07, 6.45) is 1.42. The minimum Gasteiger partial charge on any atom is -0.378 e. The van der Waals surface area contributed by atoms with Crippen molar-refractivity contribution < 1.29 is 4.79 Å². The molecule has 0 spiro atoms. The zero-order chi connectivity index (χ0) is 12.8. The summed E-state index contributed by atoms with van der Waals surface area (Å²) in [5, 5.41) is 2.97. The van der Waals surface area contributed by atoms with Crippen molar-refractivity contribution in [1.29, 1.82) is 0 Å². The van der Waals surface area contributed by atoms with Crippen LogP contribution in [0, 0.1) is 0 Å². The van der Waals surface area contributed by atoms with Gasteiger partial charge >= 0.3 is 0 Å². The van der Waals surface area contributed by atoms with E-state index in [1.807, 2.05) is 27.9 Å². The predicted octanol–water partition coefficient (Wildman–Crippen LogP) is 2.21. The lowest BCUT2D eigenvalue weighted by Crippen LogP contribution is -2.33. The summed E-state index contributed by atoms with van der Waals surface area (Å²) in [6.45, 7) is 3.90. The normalized spacial score (nSPS) is 12.0. The fourth-order valence-electron chi connectivity index (χ4n) is 1.71. The Labute approximate surface area is 104 Å². The van der Waals surface area contributed by atoms with Crippen LogP contribution in [0.15, 0.2) is 24.3 Å². The molecule has 0 radical (unpaired) electrons. The second-order valence-corrected chi connectivity index (χ2v) is 4.59. The van der Waals surface area contributed by atoms with E-state index in [-0.39, 0.29) is 11.9 Å². The largest absolute Gasteiger partial charge is 0.378 e. The van der Waals surface area contributed by atoms with Gasteiger partial charge in [0.15, 0.2) is 0 Å². The van der Waals surface area contributed by atoms with Crippen molar-refractivity contribution in [3.63, 3.8) is 0 Å². The molecule has 3 nitrogen and oxygen atoms in total. The van der Waals surface area contributed by atoms with Crippen molar-refractivity contribution in [3.05, 3.63) is 29.8 Å². The van der Waals surface area contributed by atoms with Crippen LogP contribution in [0.1, 0.15) is 25.8 Å². The van der Waals surface area contributed by atoms with E-state index in [9.17, 15) is 4.79 Å². The van der Waals surface area contributed by atoms with Gasteiger partial charge in [0.1, 0.15) is 0 Å². The Bertz CT molecular complexity index is 357. The van der Waals surface area contributed by atoms with Crippen molar-refractivity contribution in [1.82, 2.24) is 5.32 Å². The third kappa shape index (κ3) is 4.47. The van der Waals surface area contributed by atoms with Crippen molar-refractivity contribution in [2.45, 2.75) is 32.7 Å². The standard InChI is InChI=1S/C14H22N2O/c1-5-14(17)15-11(2)10-12-6-8-13(9-7-12)16(3)4/h6-9,11H,5,10H2,1-4H3,(H,15,17)/t11-/m0/s1. The van der Waals surface area contributed by atoms with Crippen molar-refractivity contribution in [3.8, 4) is 0 Å². The Hall–Kier alpha value is -1.51. The second kappa shape index (κ2) is 6.28. The van der Waals surface area contributed by atoms with E-state index in [4.69, 9.17) is 0 Å². The monoisotopic (exact) mass is 234 g/mol. The van der Waals surface area contributed by atoms with Crippen LogP contribution in [0.2, 0.25) is 0 Å². The molecule has 0 heterocycles. The number of carbonyl (C=O) groups is 1. The van der Waals surface area contributed by atoms with Crippen molar-refractivity contribution in [2.75, 3.05) is 19.0 Å². The fourth-order valence-corrected chi connectivity index (χ4v) is 1.71. The molecule has 0 saturated carbocycles. The summed E-state index contributed by atoms with van der Waals surface area (Å²) in [4.78, 5) is 13.3. The Kier molecular flexibility index (Phi) is 5.01. The average molecular weight is 234 g/mol. The third-order valence-electron chi connectivity index (χ3n) is 2.72. The Morgan fingerprint density at radius 2 is 1.88 bits per heavy atom. The van der Waals surface area contributed by atoms with Gasteiger partial charge in [-0.05, 0) is 31.0 Å². The van der Waals surface area contributed by atoms with Gasteiger partial charge in [0.05, 0.1) is 0 Å². The Balaban J connectivity index is 2.54. The van der Waals surface area contributed by atoms with Gasteiger partial charge in [0, 0.05) is 32.2 Å². The summed E-state index contributed by atoms with van der Waals surface area (Å²) in [7, 11) is 4.05. The van der Waals surface area contributed by atoms with Gasteiger partial charge in [-0.2, -0.15) is 0 Å². The van der Waals surface area contributed by atoms with Gasteiger partial charge in [-0.3, -0.25) is 4.79 Å². The van der Waals surface area contributed by atoms with Gasteiger partial charge in [0.2, 0.25) is 5.91 Å². The molecule has 0 saturated heterocycles. The first kappa shape index (κ1) is 13.6. The molecule has 0 aromatic heterocycles. The maximum absolute atomic E-state index is 11.2. The first-order chi connectivity index (χ1) is 8.02. The highest BCUT2D eigenvalue weighted by Crippen LogP contribution is 2.13. The number of amides is 1. The van der Waals surface area contributed by atoms with Gasteiger partial charge in [-0.25, -0.2) is 0 Å². The number of rotatable bonds is 5. The van der Waals surface area contributed by atoms with Gasteiger partial charge in [0.25, 0.3) is 0 Å². The van der Waals surface area contributed by atoms with E-state index in [2.05, 4.69) is 34.5 Å². The summed E-state index contributed by atoms with van der Waals surface area (Å²) in [5.74, 6) is 0.113. The molecule has 1 aromatic rings. The topological polar surface area (TPSA) is 32.3 Å². The number of nitrogens with zero attached hydrogens (tertiary/aromatic N) is 1. The molecule has 1 atom stereocenters. The Morgan fingerprint density at radius 3 is 2.35 bits per heavy atom. The highest BCUT2D eigenvalue weighted by atomic mass is 16.1. The summed E-state index contributed by atoms with van der Waals surface area (Å²) in [6, 6.07) is 8.62. The molecule has 0 fully saturated rings. The molecule has 0 bridgehead atoms. The minimum absolute atomic E-state index is 0.113. The summed E-state index contributed by atoms with van der Waals surface area (Å²) >= 11 is 0. The van der Waals surface area contributed by atoms with Crippen LogP contribution >= 0.6 is 0 Å². The van der Waals surface area contributed by atoms with Gasteiger partial charge in [-0.15, -0.1) is 0 Å². The molecule has 1 N–H and O–H groups in total. The second-order valence-electron chi connectivity index (χ2n) is 4.59. The zero-order valence-electron chi connectivity index (χ0n) is 11.2. The van der Waals surface area contributed by atoms with E-state index < -0.39 is 0 Å². The minimum atomic E-state index is 0.113. The fraction of sp³-hybridized carbons (Fsp3) is 0.500. The van der Waals surface area contributed by atoms with E-state index in [1.54, 1.807) is 0 Å². The molecule has 1 rings (SSSR count). The number of carbonyl (C=O) groups excluding carboxylic acids is 1. The third-order valence-corrected chi connectivity index (χ3v) is 2.72. The van der Waals surface area contributed by atoms with Crippen LogP contribution in [-0.2, 0) is 11.2 Å². The van der Waals surface area contributed by atoms with E-state index in [0.29, 0.717) is 6.42 Å². The molecule has 1 amide bonds. The molecule has 94 valence electrons. The number of nitrogens with one attached hydrogen (secondary N) is 1.